The van der Waals surface area contributed by atoms with Crippen molar-refractivity contribution in [1.29, 1.82) is 0 Å². The number of carboxylic acids is 1. The monoisotopic (exact) mass is 243 g/mol. The minimum atomic E-state index is -0.819. The first-order valence-electron chi connectivity index (χ1n) is 5.91. The number of rotatable bonds is 6. The summed E-state index contributed by atoms with van der Waals surface area (Å²) in [6, 6.07) is -0.146. The highest BCUT2D eigenvalue weighted by atomic mass is 16.4. The van der Waals surface area contributed by atoms with Crippen LogP contribution in [0.15, 0.2) is 0 Å². The molecule has 1 heterocycles. The number of urea groups is 1. The van der Waals surface area contributed by atoms with Crippen LogP contribution in [-0.2, 0) is 4.79 Å². The molecule has 0 radical (unpaired) electrons. The fourth-order valence-corrected chi connectivity index (χ4v) is 1.66. The van der Waals surface area contributed by atoms with Gasteiger partial charge in [-0.15, -0.1) is 0 Å². The summed E-state index contributed by atoms with van der Waals surface area (Å²) < 4.78 is 0. The second-order valence-corrected chi connectivity index (χ2v) is 4.68. The van der Waals surface area contributed by atoms with Crippen LogP contribution < -0.4 is 5.32 Å². The van der Waals surface area contributed by atoms with Crippen molar-refractivity contribution in [2.24, 2.45) is 5.92 Å². The maximum atomic E-state index is 11.5. The number of unbranched alkanes of at least 4 members (excludes halogenated alkanes) is 1. The van der Waals surface area contributed by atoms with E-state index >= 15 is 0 Å². The van der Waals surface area contributed by atoms with Crippen LogP contribution in [0.4, 0.5) is 4.79 Å². The van der Waals surface area contributed by atoms with Gasteiger partial charge >= 0.3 is 12.0 Å². The topological polar surface area (TPSA) is 72.9 Å². The van der Waals surface area contributed by atoms with Gasteiger partial charge in [-0.05, 0) is 33.5 Å². The lowest BCUT2D eigenvalue weighted by atomic mass is 10.0. The minimum absolute atomic E-state index is 0.146. The number of carboxylic acid groups (broad SMARTS) is 1. The zero-order valence-corrected chi connectivity index (χ0v) is 10.5. The summed E-state index contributed by atoms with van der Waals surface area (Å²) in [5.74, 6) is -1.20. The first-order chi connectivity index (χ1) is 8.00. The van der Waals surface area contributed by atoms with Crippen molar-refractivity contribution in [2.75, 3.05) is 40.3 Å². The number of carbonyl (C=O) groups excluding carboxylic acids is 1. The molecule has 2 amide bonds. The van der Waals surface area contributed by atoms with Gasteiger partial charge in [0.1, 0.15) is 0 Å². The number of nitrogens with one attached hydrogen (secondary N) is 1. The molecule has 0 bridgehead atoms. The summed E-state index contributed by atoms with van der Waals surface area (Å²) in [6.07, 6.45) is 1.99. The van der Waals surface area contributed by atoms with E-state index in [2.05, 4.69) is 10.2 Å². The molecule has 0 aromatic rings. The van der Waals surface area contributed by atoms with E-state index in [-0.39, 0.29) is 11.9 Å². The summed E-state index contributed by atoms with van der Waals surface area (Å²) in [5, 5.41) is 11.5. The number of aliphatic carboxylic acids is 1. The van der Waals surface area contributed by atoms with E-state index in [4.69, 9.17) is 5.11 Å². The number of amides is 2. The molecule has 0 unspecified atom stereocenters. The van der Waals surface area contributed by atoms with E-state index in [1.165, 1.54) is 4.90 Å². The summed E-state index contributed by atoms with van der Waals surface area (Å²) in [4.78, 5) is 25.7. The number of hydrogen-bond donors (Lipinski definition) is 2. The van der Waals surface area contributed by atoms with Crippen molar-refractivity contribution in [1.82, 2.24) is 15.1 Å². The zero-order chi connectivity index (χ0) is 12.8. The first-order valence-corrected chi connectivity index (χ1v) is 5.91. The highest BCUT2D eigenvalue weighted by Gasteiger charge is 2.35. The van der Waals surface area contributed by atoms with Gasteiger partial charge in [0.2, 0.25) is 0 Å². The third-order valence-electron chi connectivity index (χ3n) is 2.83. The molecule has 6 nitrogen and oxygen atoms in total. The molecule has 0 aromatic carbocycles. The Bertz CT molecular complexity index is 275. The molecular formula is C11H21N3O3. The second kappa shape index (κ2) is 6.44. The SMILES string of the molecule is CN(C)CCCCNC(=O)N1CC(C(=O)O)C1. The largest absolute Gasteiger partial charge is 0.481 e. The molecule has 0 aliphatic carbocycles. The smallest absolute Gasteiger partial charge is 0.317 e. The second-order valence-electron chi connectivity index (χ2n) is 4.68. The third kappa shape index (κ3) is 4.60. The van der Waals surface area contributed by atoms with Crippen molar-refractivity contribution in [3.8, 4) is 0 Å². The fraction of sp³-hybridized carbons (Fsp3) is 0.818. The third-order valence-corrected chi connectivity index (χ3v) is 2.83. The van der Waals surface area contributed by atoms with Crippen molar-refractivity contribution in [3.05, 3.63) is 0 Å². The molecule has 1 aliphatic heterocycles. The predicted molar refractivity (Wildman–Crippen MR) is 63.9 cm³/mol. The molecule has 0 spiro atoms. The molecule has 1 aliphatic rings. The van der Waals surface area contributed by atoms with E-state index in [0.717, 1.165) is 19.4 Å². The summed E-state index contributed by atoms with van der Waals surface area (Å²) >= 11 is 0. The Balaban J connectivity index is 2.01. The highest BCUT2D eigenvalue weighted by Crippen LogP contribution is 2.15. The van der Waals surface area contributed by atoms with Gasteiger partial charge in [-0.1, -0.05) is 0 Å². The molecular weight excluding hydrogens is 222 g/mol. The van der Waals surface area contributed by atoms with Gasteiger partial charge in [0, 0.05) is 19.6 Å². The van der Waals surface area contributed by atoms with Crippen molar-refractivity contribution >= 4 is 12.0 Å². The normalized spacial score (nSPS) is 15.8. The first kappa shape index (κ1) is 13.8. The van der Waals surface area contributed by atoms with E-state index < -0.39 is 5.97 Å². The Morgan fingerprint density at radius 2 is 2.00 bits per heavy atom. The van der Waals surface area contributed by atoms with Gasteiger partial charge in [-0.3, -0.25) is 4.79 Å². The average molecular weight is 243 g/mol. The van der Waals surface area contributed by atoms with Gasteiger partial charge < -0.3 is 20.2 Å². The Morgan fingerprint density at radius 3 is 2.53 bits per heavy atom. The van der Waals surface area contributed by atoms with Crippen LogP contribution >= 0.6 is 0 Å². The molecule has 1 fully saturated rings. The lowest BCUT2D eigenvalue weighted by molar-refractivity contribution is -0.146. The molecule has 0 atom stereocenters. The van der Waals surface area contributed by atoms with Crippen molar-refractivity contribution in [2.45, 2.75) is 12.8 Å². The van der Waals surface area contributed by atoms with Crippen LogP contribution in [0.2, 0.25) is 0 Å². The maximum Gasteiger partial charge on any atom is 0.317 e. The predicted octanol–water partition coefficient (Wildman–Crippen LogP) is 0.0542. The summed E-state index contributed by atoms with van der Waals surface area (Å²) in [7, 11) is 4.04. The van der Waals surface area contributed by atoms with Gasteiger partial charge in [-0.25, -0.2) is 4.79 Å². The Labute approximate surface area is 102 Å². The van der Waals surface area contributed by atoms with Crippen molar-refractivity contribution < 1.29 is 14.7 Å². The lowest BCUT2D eigenvalue weighted by Crippen LogP contribution is -2.56. The Kier molecular flexibility index (Phi) is 5.21. The summed E-state index contributed by atoms with van der Waals surface area (Å²) in [6.45, 7) is 2.33. The minimum Gasteiger partial charge on any atom is -0.481 e. The van der Waals surface area contributed by atoms with Crippen LogP contribution in [0.1, 0.15) is 12.8 Å². The van der Waals surface area contributed by atoms with Crippen LogP contribution in [0.3, 0.4) is 0 Å². The van der Waals surface area contributed by atoms with E-state index in [1.807, 2.05) is 14.1 Å². The zero-order valence-electron chi connectivity index (χ0n) is 10.5. The highest BCUT2D eigenvalue weighted by molar-refractivity contribution is 5.79. The number of carbonyl (C=O) groups is 2. The van der Waals surface area contributed by atoms with E-state index in [0.29, 0.717) is 19.6 Å². The molecule has 0 aromatic heterocycles. The lowest BCUT2D eigenvalue weighted by Gasteiger charge is -2.36. The van der Waals surface area contributed by atoms with Gasteiger partial charge in [0.15, 0.2) is 0 Å². The van der Waals surface area contributed by atoms with Crippen LogP contribution in [0, 0.1) is 5.92 Å². The number of nitrogens with zero attached hydrogens (tertiary/aromatic N) is 2. The van der Waals surface area contributed by atoms with Gasteiger partial charge in [0.25, 0.3) is 0 Å². The van der Waals surface area contributed by atoms with Crippen LogP contribution in [0.5, 0.6) is 0 Å². The van der Waals surface area contributed by atoms with E-state index in [1.54, 1.807) is 0 Å². The molecule has 1 saturated heterocycles. The average Bonchev–Trinajstić information content (AvgIpc) is 2.13. The Hall–Kier alpha value is -1.30. The standard InChI is InChI=1S/C11H21N3O3/c1-13(2)6-4-3-5-12-11(17)14-7-9(8-14)10(15)16/h9H,3-8H2,1-2H3,(H,12,17)(H,15,16). The molecule has 0 saturated carbocycles. The summed E-state index contributed by atoms with van der Waals surface area (Å²) in [5.41, 5.74) is 0. The number of likely N-dealkylation sites (tertiary alicyclic amines) is 1. The van der Waals surface area contributed by atoms with Crippen LogP contribution in [0.25, 0.3) is 0 Å². The molecule has 1 rings (SSSR count). The molecule has 17 heavy (non-hydrogen) atoms. The molecule has 6 heteroatoms. The molecule has 98 valence electrons. The van der Waals surface area contributed by atoms with Gasteiger partial charge in [-0.2, -0.15) is 0 Å². The maximum absolute atomic E-state index is 11.5. The van der Waals surface area contributed by atoms with Crippen molar-refractivity contribution in [3.63, 3.8) is 0 Å². The van der Waals surface area contributed by atoms with Crippen LogP contribution in [-0.4, -0.2) is 67.2 Å². The fourth-order valence-electron chi connectivity index (χ4n) is 1.66. The molecule has 2 N–H and O–H groups in total. The van der Waals surface area contributed by atoms with E-state index in [9.17, 15) is 9.59 Å². The van der Waals surface area contributed by atoms with Gasteiger partial charge in [0.05, 0.1) is 5.92 Å². The Morgan fingerprint density at radius 1 is 1.35 bits per heavy atom. The number of hydrogen-bond acceptors (Lipinski definition) is 3. The quantitative estimate of drug-likeness (QED) is 0.647.